The monoisotopic (exact) mass is 406 g/mol. The van der Waals surface area contributed by atoms with Crippen LogP contribution in [0.1, 0.15) is 48.9 Å². The highest BCUT2D eigenvalue weighted by Crippen LogP contribution is 2.37. The fourth-order valence-electron chi connectivity index (χ4n) is 3.69. The number of likely N-dealkylation sites (tertiary alicyclic amines) is 1. The third-order valence-electron chi connectivity index (χ3n) is 5.77. The number of allylic oxidation sites excluding steroid dienone is 1. The van der Waals surface area contributed by atoms with Crippen molar-refractivity contribution in [2.45, 2.75) is 50.4 Å². The van der Waals surface area contributed by atoms with E-state index in [1.807, 2.05) is 0 Å². The molecule has 0 atom stereocenters. The summed E-state index contributed by atoms with van der Waals surface area (Å²) in [5.41, 5.74) is 0.300. The zero-order valence-corrected chi connectivity index (χ0v) is 16.9. The highest BCUT2D eigenvalue weighted by atomic mass is 19.4. The van der Waals surface area contributed by atoms with Crippen LogP contribution in [0.4, 0.5) is 19.0 Å². The molecular formula is C22H29F3N4. The lowest BCUT2D eigenvalue weighted by atomic mass is 9.93. The molecule has 0 spiro atoms. The van der Waals surface area contributed by atoms with Gasteiger partial charge in [-0.15, -0.1) is 0 Å². The van der Waals surface area contributed by atoms with Gasteiger partial charge >= 0.3 is 6.18 Å². The van der Waals surface area contributed by atoms with Gasteiger partial charge in [0.1, 0.15) is 5.82 Å². The Morgan fingerprint density at radius 2 is 1.83 bits per heavy atom. The topological polar surface area (TPSA) is 40.2 Å². The number of aromatic nitrogens is 1. The average Bonchev–Trinajstić information content (AvgIpc) is 2.64. The van der Waals surface area contributed by atoms with E-state index in [4.69, 9.17) is 0 Å². The van der Waals surface area contributed by atoms with Gasteiger partial charge in [0.2, 0.25) is 0 Å². The number of pyridine rings is 1. The van der Waals surface area contributed by atoms with Crippen molar-refractivity contribution in [2.24, 2.45) is 0 Å². The van der Waals surface area contributed by atoms with E-state index in [9.17, 15) is 13.2 Å². The van der Waals surface area contributed by atoms with Gasteiger partial charge in [-0.25, -0.2) is 4.98 Å². The van der Waals surface area contributed by atoms with Gasteiger partial charge in [0.25, 0.3) is 0 Å². The minimum atomic E-state index is -4.57. The molecule has 0 aromatic carbocycles. The zero-order chi connectivity index (χ0) is 21.2. The SMILES string of the molecule is C=Cc1c(C(=C)NC2CCN(C)CC2)cc(NC2CCC2)nc1C(=C)C(F)(F)F. The largest absolute Gasteiger partial charge is 0.417 e. The van der Waals surface area contributed by atoms with Crippen LogP contribution in [-0.4, -0.2) is 48.3 Å². The molecule has 1 aliphatic carbocycles. The molecule has 2 aliphatic rings. The van der Waals surface area contributed by atoms with Crippen LogP contribution in [0.3, 0.4) is 0 Å². The van der Waals surface area contributed by atoms with E-state index in [1.165, 1.54) is 6.08 Å². The van der Waals surface area contributed by atoms with E-state index in [0.717, 1.165) is 45.2 Å². The highest BCUT2D eigenvalue weighted by Gasteiger charge is 2.36. The van der Waals surface area contributed by atoms with Crippen LogP contribution < -0.4 is 10.6 Å². The molecule has 1 saturated carbocycles. The molecule has 1 aliphatic heterocycles. The lowest BCUT2D eigenvalue weighted by Gasteiger charge is -2.31. The second-order valence-electron chi connectivity index (χ2n) is 7.97. The number of nitrogens with one attached hydrogen (secondary N) is 2. The van der Waals surface area contributed by atoms with Crippen LogP contribution in [0.5, 0.6) is 0 Å². The van der Waals surface area contributed by atoms with Crippen LogP contribution in [-0.2, 0) is 0 Å². The maximum atomic E-state index is 13.4. The molecule has 2 heterocycles. The first-order valence-corrected chi connectivity index (χ1v) is 10.0. The molecule has 29 heavy (non-hydrogen) atoms. The Balaban J connectivity index is 1.94. The van der Waals surface area contributed by atoms with Crippen molar-refractivity contribution in [3.8, 4) is 0 Å². The fraction of sp³-hybridized carbons (Fsp3) is 0.500. The van der Waals surface area contributed by atoms with E-state index >= 15 is 0 Å². The van der Waals surface area contributed by atoms with Gasteiger partial charge in [-0.1, -0.05) is 25.8 Å². The van der Waals surface area contributed by atoms with Crippen molar-refractivity contribution in [3.63, 3.8) is 0 Å². The van der Waals surface area contributed by atoms with Gasteiger partial charge in [-0.2, -0.15) is 13.2 Å². The number of anilines is 1. The average molecular weight is 406 g/mol. The van der Waals surface area contributed by atoms with Crippen LogP contribution in [0.25, 0.3) is 17.3 Å². The normalized spacial score (nSPS) is 18.8. The molecule has 158 valence electrons. The predicted octanol–water partition coefficient (Wildman–Crippen LogP) is 4.92. The third-order valence-corrected chi connectivity index (χ3v) is 5.77. The van der Waals surface area contributed by atoms with Crippen LogP contribution in [0, 0.1) is 0 Å². The Morgan fingerprint density at radius 1 is 1.17 bits per heavy atom. The molecule has 0 radical (unpaired) electrons. The van der Waals surface area contributed by atoms with Crippen LogP contribution in [0.2, 0.25) is 0 Å². The predicted molar refractivity (Wildman–Crippen MR) is 113 cm³/mol. The number of nitrogens with zero attached hydrogens (tertiary/aromatic N) is 2. The van der Waals surface area contributed by atoms with E-state index < -0.39 is 11.7 Å². The Morgan fingerprint density at radius 3 is 2.34 bits per heavy atom. The summed E-state index contributed by atoms with van der Waals surface area (Å²) in [6, 6.07) is 2.25. The minimum absolute atomic E-state index is 0.196. The van der Waals surface area contributed by atoms with E-state index in [1.54, 1.807) is 6.07 Å². The first-order valence-electron chi connectivity index (χ1n) is 10.0. The van der Waals surface area contributed by atoms with Gasteiger partial charge in [-0.05, 0) is 58.3 Å². The third kappa shape index (κ3) is 5.01. The highest BCUT2D eigenvalue weighted by molar-refractivity contribution is 5.82. The maximum Gasteiger partial charge on any atom is 0.417 e. The van der Waals surface area contributed by atoms with Gasteiger partial charge in [-0.3, -0.25) is 0 Å². The van der Waals surface area contributed by atoms with Crippen LogP contribution in [0.15, 0.2) is 25.8 Å². The molecule has 7 heteroatoms. The van der Waals surface area contributed by atoms with Gasteiger partial charge in [0.15, 0.2) is 0 Å². The van der Waals surface area contributed by atoms with Crippen molar-refractivity contribution in [1.29, 1.82) is 0 Å². The molecular weight excluding hydrogens is 377 g/mol. The van der Waals surface area contributed by atoms with Gasteiger partial charge < -0.3 is 15.5 Å². The second kappa shape index (κ2) is 8.61. The summed E-state index contributed by atoms with van der Waals surface area (Å²) in [5.74, 6) is 0.419. The van der Waals surface area contributed by atoms with Gasteiger partial charge in [0.05, 0.1) is 11.3 Å². The summed E-state index contributed by atoms with van der Waals surface area (Å²) in [6.07, 6.45) is 1.85. The lowest BCUT2D eigenvalue weighted by molar-refractivity contribution is -0.0689. The summed E-state index contributed by atoms with van der Waals surface area (Å²) in [5, 5.41) is 6.66. The first kappa shape index (κ1) is 21.4. The number of rotatable bonds is 7. The molecule has 4 nitrogen and oxygen atoms in total. The lowest BCUT2D eigenvalue weighted by Crippen LogP contribution is -2.40. The number of hydrogen-bond acceptors (Lipinski definition) is 4. The molecule has 1 aromatic rings. The standard InChI is InChI=1S/C22H29F3N4/c1-5-18-19(15(3)26-17-9-11-29(4)12-10-17)13-20(27-16-7-6-8-16)28-21(18)14(2)22(23,24)25/h5,13,16-17,26H,1-3,6-12H2,4H3,(H,27,28). The zero-order valence-electron chi connectivity index (χ0n) is 16.9. The Kier molecular flexibility index (Phi) is 6.36. The molecule has 1 saturated heterocycles. The Hall–Kier alpha value is -2.28. The van der Waals surface area contributed by atoms with Crippen molar-refractivity contribution >= 4 is 23.2 Å². The molecule has 0 bridgehead atoms. The first-order chi connectivity index (χ1) is 13.7. The van der Waals surface area contributed by atoms with Crippen molar-refractivity contribution in [2.75, 3.05) is 25.5 Å². The fourth-order valence-corrected chi connectivity index (χ4v) is 3.69. The number of halogens is 3. The van der Waals surface area contributed by atoms with Crippen molar-refractivity contribution in [1.82, 2.24) is 15.2 Å². The molecule has 2 N–H and O–H groups in total. The smallest absolute Gasteiger partial charge is 0.382 e. The Labute approximate surface area is 170 Å². The molecule has 0 unspecified atom stereocenters. The summed E-state index contributed by atoms with van der Waals surface area (Å²) < 4.78 is 40.3. The summed E-state index contributed by atoms with van der Waals surface area (Å²) in [7, 11) is 2.08. The van der Waals surface area contributed by atoms with E-state index in [2.05, 4.69) is 47.3 Å². The maximum absolute atomic E-state index is 13.4. The molecule has 3 rings (SSSR count). The minimum Gasteiger partial charge on any atom is -0.382 e. The Bertz CT molecular complexity index is 788. The second-order valence-corrected chi connectivity index (χ2v) is 7.97. The number of hydrogen-bond donors (Lipinski definition) is 2. The molecule has 2 fully saturated rings. The summed E-state index contributed by atoms with van der Waals surface area (Å²) in [4.78, 5) is 6.51. The summed E-state index contributed by atoms with van der Waals surface area (Å²) >= 11 is 0. The molecule has 0 amide bonds. The van der Waals surface area contributed by atoms with Crippen molar-refractivity contribution < 1.29 is 13.2 Å². The van der Waals surface area contributed by atoms with E-state index in [0.29, 0.717) is 22.6 Å². The summed E-state index contributed by atoms with van der Waals surface area (Å²) in [6.45, 7) is 13.1. The number of piperidine rings is 1. The van der Waals surface area contributed by atoms with Crippen LogP contribution >= 0.6 is 0 Å². The van der Waals surface area contributed by atoms with E-state index in [-0.39, 0.29) is 17.8 Å². The molecule has 1 aromatic heterocycles. The number of alkyl halides is 3. The van der Waals surface area contributed by atoms with Gasteiger partial charge in [0, 0.05) is 28.9 Å². The van der Waals surface area contributed by atoms with Crippen molar-refractivity contribution in [3.05, 3.63) is 42.6 Å². The quantitative estimate of drug-likeness (QED) is 0.674.